The molecule has 0 saturated carbocycles. The van der Waals surface area contributed by atoms with Gasteiger partial charge in [-0.05, 0) is 41.8 Å². The van der Waals surface area contributed by atoms with E-state index in [4.69, 9.17) is 18.9 Å². The van der Waals surface area contributed by atoms with Crippen molar-refractivity contribution in [1.29, 1.82) is 0 Å². The fourth-order valence-corrected chi connectivity index (χ4v) is 2.83. The van der Waals surface area contributed by atoms with Crippen LogP contribution in [0.2, 0.25) is 0 Å². The molecule has 5 heteroatoms. The highest BCUT2D eigenvalue weighted by Crippen LogP contribution is 2.39. The first-order valence-corrected chi connectivity index (χ1v) is 9.38. The zero-order chi connectivity index (χ0) is 20.6. The van der Waals surface area contributed by atoms with E-state index in [-0.39, 0.29) is 0 Å². The molecule has 0 heterocycles. The van der Waals surface area contributed by atoms with Crippen molar-refractivity contribution >= 4 is 5.97 Å². The Kier molecular flexibility index (Phi) is 6.74. The molecule has 3 aromatic rings. The minimum atomic E-state index is -0.500. The number of rotatable bonds is 8. The Morgan fingerprint density at radius 1 is 0.828 bits per heavy atom. The summed E-state index contributed by atoms with van der Waals surface area (Å²) in [5, 5.41) is 0. The lowest BCUT2D eigenvalue weighted by atomic mass is 10.1. The van der Waals surface area contributed by atoms with Crippen molar-refractivity contribution in [2.75, 3.05) is 14.2 Å². The normalized spacial score (nSPS) is 10.3. The number of methoxy groups -OCH3 is 2. The molecule has 150 valence electrons. The molecule has 29 heavy (non-hydrogen) atoms. The number of carbonyl (C=O) groups is 1. The first-order valence-electron chi connectivity index (χ1n) is 9.38. The van der Waals surface area contributed by atoms with E-state index < -0.39 is 5.97 Å². The van der Waals surface area contributed by atoms with E-state index in [9.17, 15) is 4.79 Å². The van der Waals surface area contributed by atoms with Gasteiger partial charge in [0, 0.05) is 0 Å². The zero-order valence-corrected chi connectivity index (χ0v) is 16.8. The predicted molar refractivity (Wildman–Crippen MR) is 111 cm³/mol. The fraction of sp³-hybridized carbons (Fsp3) is 0.208. The molecule has 0 atom stereocenters. The van der Waals surface area contributed by atoms with Crippen LogP contribution in [0.4, 0.5) is 0 Å². The maximum Gasteiger partial charge on any atom is 0.343 e. The predicted octanol–water partition coefficient (Wildman–Crippen LogP) is 5.06. The number of benzene rings is 3. The minimum Gasteiger partial charge on any atom is -0.493 e. The molecule has 5 nitrogen and oxygen atoms in total. The van der Waals surface area contributed by atoms with E-state index >= 15 is 0 Å². The van der Waals surface area contributed by atoms with Gasteiger partial charge in [-0.3, -0.25) is 0 Å². The number of carbonyl (C=O) groups excluding carboxylic acids is 1. The molecular formula is C24H24O5. The summed E-state index contributed by atoms with van der Waals surface area (Å²) in [6.07, 6.45) is 0.924. The molecule has 0 aliphatic carbocycles. The maximum atomic E-state index is 12.6. The SMILES string of the molecule is CCc1ccc(OC(=O)c2cc(OC)c(OCc3ccccc3)c(OC)c2)cc1. The average molecular weight is 392 g/mol. The first-order chi connectivity index (χ1) is 14.1. The van der Waals surface area contributed by atoms with E-state index in [0.29, 0.717) is 35.2 Å². The van der Waals surface area contributed by atoms with E-state index in [1.54, 1.807) is 24.3 Å². The molecular weight excluding hydrogens is 368 g/mol. The van der Waals surface area contributed by atoms with Gasteiger partial charge in [0.15, 0.2) is 11.5 Å². The van der Waals surface area contributed by atoms with Gasteiger partial charge in [-0.25, -0.2) is 4.79 Å². The smallest absolute Gasteiger partial charge is 0.343 e. The first kappa shape index (κ1) is 20.3. The molecule has 0 N–H and O–H groups in total. The van der Waals surface area contributed by atoms with Gasteiger partial charge in [0.25, 0.3) is 0 Å². The van der Waals surface area contributed by atoms with Crippen molar-refractivity contribution < 1.29 is 23.7 Å². The molecule has 0 spiro atoms. The Balaban J connectivity index is 1.81. The molecule has 0 unspecified atom stereocenters. The highest BCUT2D eigenvalue weighted by Gasteiger charge is 2.19. The minimum absolute atomic E-state index is 0.310. The Hall–Kier alpha value is -3.47. The van der Waals surface area contributed by atoms with Crippen LogP contribution in [0.15, 0.2) is 66.7 Å². The second kappa shape index (κ2) is 9.64. The van der Waals surface area contributed by atoms with E-state index in [2.05, 4.69) is 6.92 Å². The number of ether oxygens (including phenoxy) is 4. The highest BCUT2D eigenvalue weighted by atomic mass is 16.5. The van der Waals surface area contributed by atoms with Crippen LogP contribution >= 0.6 is 0 Å². The molecule has 3 rings (SSSR count). The summed E-state index contributed by atoms with van der Waals surface area (Å²) in [6, 6.07) is 20.4. The standard InChI is InChI=1S/C24H24O5/c1-4-17-10-12-20(13-11-17)29-24(25)19-14-21(26-2)23(22(15-19)27-3)28-16-18-8-6-5-7-9-18/h5-15H,4,16H2,1-3H3. The molecule has 0 aliphatic rings. The highest BCUT2D eigenvalue weighted by molar-refractivity contribution is 5.92. The summed E-state index contributed by atoms with van der Waals surface area (Å²) < 4.78 is 22.3. The molecule has 0 aliphatic heterocycles. The topological polar surface area (TPSA) is 54.0 Å². The summed E-state index contributed by atoms with van der Waals surface area (Å²) in [4.78, 5) is 12.6. The number of hydrogen-bond donors (Lipinski definition) is 0. The van der Waals surface area contributed by atoms with Gasteiger partial charge in [-0.1, -0.05) is 49.4 Å². The summed E-state index contributed by atoms with van der Waals surface area (Å²) >= 11 is 0. The van der Waals surface area contributed by atoms with Crippen molar-refractivity contribution in [3.8, 4) is 23.0 Å². The van der Waals surface area contributed by atoms with Gasteiger partial charge in [0.2, 0.25) is 5.75 Å². The van der Waals surface area contributed by atoms with Crippen molar-refractivity contribution in [1.82, 2.24) is 0 Å². The molecule has 0 saturated heterocycles. The monoisotopic (exact) mass is 392 g/mol. The number of esters is 1. The van der Waals surface area contributed by atoms with Gasteiger partial charge < -0.3 is 18.9 Å². The Morgan fingerprint density at radius 3 is 2.00 bits per heavy atom. The van der Waals surface area contributed by atoms with E-state index in [1.807, 2.05) is 42.5 Å². The second-order valence-electron chi connectivity index (χ2n) is 6.37. The average Bonchev–Trinajstić information content (AvgIpc) is 2.78. The van der Waals surface area contributed by atoms with Crippen molar-refractivity contribution in [3.05, 3.63) is 83.4 Å². The van der Waals surface area contributed by atoms with Gasteiger partial charge >= 0.3 is 5.97 Å². The van der Waals surface area contributed by atoms with Crippen LogP contribution in [0.1, 0.15) is 28.4 Å². The van der Waals surface area contributed by atoms with Gasteiger partial charge in [-0.15, -0.1) is 0 Å². The third-order valence-electron chi connectivity index (χ3n) is 4.46. The van der Waals surface area contributed by atoms with Gasteiger partial charge in [-0.2, -0.15) is 0 Å². The molecule has 0 fully saturated rings. The summed E-state index contributed by atoms with van der Waals surface area (Å²) in [5.74, 6) is 1.21. The summed E-state index contributed by atoms with van der Waals surface area (Å²) in [7, 11) is 3.03. The Labute approximate surface area is 170 Å². The van der Waals surface area contributed by atoms with Crippen LogP contribution < -0.4 is 18.9 Å². The second-order valence-corrected chi connectivity index (χ2v) is 6.37. The summed E-state index contributed by atoms with van der Waals surface area (Å²) in [5.41, 5.74) is 2.49. The van der Waals surface area contributed by atoms with Crippen LogP contribution in [-0.2, 0) is 13.0 Å². The lowest BCUT2D eigenvalue weighted by Crippen LogP contribution is -2.10. The Morgan fingerprint density at radius 2 is 1.45 bits per heavy atom. The third-order valence-corrected chi connectivity index (χ3v) is 4.46. The lowest BCUT2D eigenvalue weighted by Gasteiger charge is -2.16. The van der Waals surface area contributed by atoms with Crippen LogP contribution in [-0.4, -0.2) is 20.2 Å². The lowest BCUT2D eigenvalue weighted by molar-refractivity contribution is 0.0733. The van der Waals surface area contributed by atoms with Gasteiger partial charge in [0.05, 0.1) is 19.8 Å². The molecule has 0 radical (unpaired) electrons. The summed E-state index contributed by atoms with van der Waals surface area (Å²) in [6.45, 7) is 2.42. The van der Waals surface area contributed by atoms with Crippen LogP contribution in [0.3, 0.4) is 0 Å². The zero-order valence-electron chi connectivity index (χ0n) is 16.8. The Bertz CT molecular complexity index is 924. The maximum absolute atomic E-state index is 12.6. The largest absolute Gasteiger partial charge is 0.493 e. The van der Waals surface area contributed by atoms with E-state index in [1.165, 1.54) is 19.8 Å². The van der Waals surface area contributed by atoms with Crippen molar-refractivity contribution in [3.63, 3.8) is 0 Å². The van der Waals surface area contributed by atoms with Gasteiger partial charge in [0.1, 0.15) is 12.4 Å². The molecule has 0 amide bonds. The van der Waals surface area contributed by atoms with Crippen molar-refractivity contribution in [2.45, 2.75) is 20.0 Å². The van der Waals surface area contributed by atoms with E-state index in [0.717, 1.165) is 12.0 Å². The molecule has 0 aromatic heterocycles. The molecule has 3 aromatic carbocycles. The quantitative estimate of drug-likeness (QED) is 0.396. The number of hydrogen-bond acceptors (Lipinski definition) is 5. The van der Waals surface area contributed by atoms with Crippen molar-refractivity contribution in [2.24, 2.45) is 0 Å². The molecule has 0 bridgehead atoms. The third kappa shape index (κ3) is 5.08. The van der Waals surface area contributed by atoms with Crippen LogP contribution in [0.25, 0.3) is 0 Å². The number of aryl methyl sites for hydroxylation is 1. The fourth-order valence-electron chi connectivity index (χ4n) is 2.83. The van der Waals surface area contributed by atoms with Crippen LogP contribution in [0, 0.1) is 0 Å². The van der Waals surface area contributed by atoms with Crippen LogP contribution in [0.5, 0.6) is 23.0 Å².